The van der Waals surface area contributed by atoms with Crippen LogP contribution >= 0.6 is 0 Å². The zero-order valence-electron chi connectivity index (χ0n) is 29.7. The van der Waals surface area contributed by atoms with Gasteiger partial charge in [-0.1, -0.05) is 54.6 Å². The first-order chi connectivity index (χ1) is 25.3. The Morgan fingerprint density at radius 2 is 1.52 bits per heavy atom. The third kappa shape index (κ3) is 7.90. The smallest absolute Gasteiger partial charge is 0.255 e. The van der Waals surface area contributed by atoms with Gasteiger partial charge in [-0.3, -0.25) is 24.6 Å². The molecule has 3 aliphatic rings. The van der Waals surface area contributed by atoms with E-state index in [1.165, 1.54) is 5.57 Å². The Hall–Kier alpha value is -5.41. The first kappa shape index (κ1) is 35.0. The molecule has 9 nitrogen and oxygen atoms in total. The van der Waals surface area contributed by atoms with Gasteiger partial charge in [0.2, 0.25) is 11.8 Å². The van der Waals surface area contributed by atoms with E-state index in [-0.39, 0.29) is 29.9 Å². The minimum absolute atomic E-state index is 0.133. The van der Waals surface area contributed by atoms with Crippen molar-refractivity contribution < 1.29 is 24.2 Å². The molecule has 3 heterocycles. The van der Waals surface area contributed by atoms with Crippen LogP contribution in [0, 0.1) is 0 Å². The van der Waals surface area contributed by atoms with Crippen molar-refractivity contribution in [2.24, 2.45) is 0 Å². The van der Waals surface area contributed by atoms with Crippen LogP contribution < -0.4 is 15.0 Å². The van der Waals surface area contributed by atoms with Gasteiger partial charge in [-0.2, -0.15) is 0 Å². The molecule has 0 radical (unpaired) electrons. The molecular weight excluding hydrogens is 652 g/mol. The molecule has 3 amide bonds. The summed E-state index contributed by atoms with van der Waals surface area (Å²) in [5, 5.41) is 12.2. The summed E-state index contributed by atoms with van der Waals surface area (Å²) >= 11 is 0. The van der Waals surface area contributed by atoms with Crippen LogP contribution in [0.3, 0.4) is 0 Å². The summed E-state index contributed by atoms with van der Waals surface area (Å²) in [7, 11) is 0. The summed E-state index contributed by atoms with van der Waals surface area (Å²) in [6.07, 6.45) is 3.85. The van der Waals surface area contributed by atoms with Crippen LogP contribution in [0.4, 0.5) is 5.69 Å². The van der Waals surface area contributed by atoms with E-state index >= 15 is 0 Å². The van der Waals surface area contributed by atoms with E-state index in [0.717, 1.165) is 91.3 Å². The highest BCUT2D eigenvalue weighted by atomic mass is 16.5. The van der Waals surface area contributed by atoms with Gasteiger partial charge in [-0.15, -0.1) is 0 Å². The number of nitrogens with one attached hydrogen (secondary N) is 1. The quantitative estimate of drug-likeness (QED) is 0.0990. The van der Waals surface area contributed by atoms with Crippen molar-refractivity contribution in [2.45, 2.75) is 51.6 Å². The highest BCUT2D eigenvalue weighted by Gasteiger charge is 2.39. The number of amides is 3. The molecule has 1 atom stereocenters. The van der Waals surface area contributed by atoms with E-state index in [1.807, 2.05) is 42.5 Å². The van der Waals surface area contributed by atoms with Gasteiger partial charge in [0.15, 0.2) is 0 Å². The summed E-state index contributed by atoms with van der Waals surface area (Å²) in [6, 6.07) is 31.5. The number of hydrogen-bond acceptors (Lipinski definition) is 7. The Bertz CT molecular complexity index is 1930. The lowest BCUT2D eigenvalue weighted by atomic mass is 9.90. The Morgan fingerprint density at radius 3 is 2.23 bits per heavy atom. The number of aromatic hydroxyl groups is 1. The van der Waals surface area contributed by atoms with Crippen LogP contribution in [-0.2, 0) is 16.1 Å². The first-order valence-corrected chi connectivity index (χ1v) is 18.4. The number of carbonyl (C=O) groups is 3. The molecule has 0 unspecified atom stereocenters. The molecule has 3 aliphatic heterocycles. The fraction of sp³-hybridized carbons (Fsp3) is 0.326. The monoisotopic (exact) mass is 698 g/mol. The number of rotatable bonds is 12. The molecule has 0 spiro atoms. The summed E-state index contributed by atoms with van der Waals surface area (Å²) in [6.45, 7) is 8.12. The molecule has 0 saturated carbocycles. The number of phenols is 1. The lowest BCUT2D eigenvalue weighted by Crippen LogP contribution is -2.52. The number of ether oxygens (including phenoxy) is 1. The number of anilines is 1. The minimum Gasteiger partial charge on any atom is -0.508 e. The summed E-state index contributed by atoms with van der Waals surface area (Å²) in [4.78, 5) is 43.5. The van der Waals surface area contributed by atoms with Crippen LogP contribution in [-0.4, -0.2) is 78.0 Å². The Labute approximate surface area is 305 Å². The van der Waals surface area contributed by atoms with Crippen LogP contribution in [0.25, 0.3) is 11.1 Å². The summed E-state index contributed by atoms with van der Waals surface area (Å²) < 4.78 is 6.12. The van der Waals surface area contributed by atoms with Gasteiger partial charge in [-0.05, 0) is 115 Å². The maximum Gasteiger partial charge on any atom is 0.255 e. The average Bonchev–Trinajstić information content (AvgIpc) is 3.49. The number of piperazine rings is 1. The van der Waals surface area contributed by atoms with Gasteiger partial charge in [0.05, 0.1) is 6.61 Å². The third-order valence-corrected chi connectivity index (χ3v) is 10.5. The summed E-state index contributed by atoms with van der Waals surface area (Å²) in [5.74, 6) is 0.329. The molecule has 9 heteroatoms. The van der Waals surface area contributed by atoms with Crippen molar-refractivity contribution >= 4 is 34.6 Å². The second kappa shape index (κ2) is 15.9. The second-order valence-electron chi connectivity index (χ2n) is 13.9. The van der Waals surface area contributed by atoms with Gasteiger partial charge in [-0.25, -0.2) is 0 Å². The zero-order valence-corrected chi connectivity index (χ0v) is 29.7. The van der Waals surface area contributed by atoms with Gasteiger partial charge in [0.1, 0.15) is 17.5 Å². The lowest BCUT2D eigenvalue weighted by molar-refractivity contribution is -0.136. The molecule has 0 aromatic heterocycles. The van der Waals surface area contributed by atoms with Crippen molar-refractivity contribution in [3.05, 3.63) is 125 Å². The Kier molecular flexibility index (Phi) is 10.7. The fourth-order valence-corrected chi connectivity index (χ4v) is 7.57. The second-order valence-corrected chi connectivity index (χ2v) is 13.9. The molecular formula is C43H46N4O5. The van der Waals surface area contributed by atoms with Crippen LogP contribution in [0.15, 0.2) is 97.1 Å². The molecule has 4 aromatic carbocycles. The van der Waals surface area contributed by atoms with Crippen molar-refractivity contribution in [1.29, 1.82) is 0 Å². The molecule has 2 N–H and O–H groups in total. The maximum absolute atomic E-state index is 13.1. The SMILES string of the molecule is C/C(=C(\c1ccc(O)cc1)c1ccc(OCCCCCN2CCN(c3ccc4c(c3)CN([C@H]3CCC(=O)NC3=O)C4=O)CC2)cc1)c1ccccc1. The Balaban J connectivity index is 0.843. The van der Waals surface area contributed by atoms with E-state index in [4.69, 9.17) is 4.74 Å². The third-order valence-electron chi connectivity index (χ3n) is 10.5. The summed E-state index contributed by atoms with van der Waals surface area (Å²) in [5.41, 5.74) is 8.31. The fourth-order valence-electron chi connectivity index (χ4n) is 7.57. The topological polar surface area (TPSA) is 102 Å². The average molecular weight is 699 g/mol. The number of imide groups is 1. The van der Waals surface area contributed by atoms with Crippen LogP contribution in [0.1, 0.15) is 71.6 Å². The number of piperidine rings is 1. The molecule has 2 fully saturated rings. The van der Waals surface area contributed by atoms with Crippen molar-refractivity contribution in [3.8, 4) is 11.5 Å². The number of allylic oxidation sites excluding steroid dienone is 1. The number of phenolic OH excluding ortho intramolecular Hbond substituents is 1. The molecule has 2 saturated heterocycles. The Morgan fingerprint density at radius 1 is 0.808 bits per heavy atom. The van der Waals surface area contributed by atoms with Gasteiger partial charge >= 0.3 is 0 Å². The normalized spacial score (nSPS) is 18.2. The highest BCUT2D eigenvalue weighted by Crippen LogP contribution is 2.34. The van der Waals surface area contributed by atoms with E-state index in [9.17, 15) is 19.5 Å². The maximum atomic E-state index is 13.1. The first-order valence-electron chi connectivity index (χ1n) is 18.4. The largest absolute Gasteiger partial charge is 0.508 e. The van der Waals surface area contributed by atoms with Gasteiger partial charge in [0.25, 0.3) is 5.91 Å². The van der Waals surface area contributed by atoms with Gasteiger partial charge < -0.3 is 19.6 Å². The number of fused-ring (bicyclic) bond motifs is 1. The number of benzene rings is 4. The molecule has 0 aliphatic carbocycles. The van der Waals surface area contributed by atoms with E-state index in [0.29, 0.717) is 25.1 Å². The van der Waals surface area contributed by atoms with Crippen LogP contribution in [0.5, 0.6) is 11.5 Å². The zero-order chi connectivity index (χ0) is 36.0. The number of unbranched alkanes of at least 4 members (excludes halogenated alkanes) is 2. The minimum atomic E-state index is -0.591. The standard InChI is InChI=1S/C43H46N4O5/c1-30(31-8-4-2-5-9-31)41(32-10-15-36(48)16-11-32)33-12-17-37(18-13-33)52-27-7-3-6-22-45-23-25-46(26-24-45)35-14-19-38-34(28-35)29-47(43(38)51)39-20-21-40(49)44-42(39)50/h2,4-5,8-19,28,39,48H,3,6-7,20-27,29H2,1H3,(H,44,49,50)/b41-30-/t39-/m0/s1. The highest BCUT2D eigenvalue weighted by molar-refractivity contribution is 6.05. The molecule has 7 rings (SSSR count). The number of carbonyl (C=O) groups excluding carboxylic acids is 3. The number of hydrogen-bond donors (Lipinski definition) is 2. The van der Waals surface area contributed by atoms with Crippen molar-refractivity contribution in [3.63, 3.8) is 0 Å². The predicted octanol–water partition coefficient (Wildman–Crippen LogP) is 6.50. The predicted molar refractivity (Wildman–Crippen MR) is 203 cm³/mol. The molecule has 0 bridgehead atoms. The molecule has 4 aromatic rings. The molecule has 268 valence electrons. The van der Waals surface area contributed by atoms with Crippen molar-refractivity contribution in [2.75, 3.05) is 44.2 Å². The van der Waals surface area contributed by atoms with Gasteiger partial charge in [0, 0.05) is 50.4 Å². The molecule has 52 heavy (non-hydrogen) atoms. The lowest BCUT2D eigenvalue weighted by Gasteiger charge is -2.36. The van der Waals surface area contributed by atoms with E-state index in [1.54, 1.807) is 17.0 Å². The van der Waals surface area contributed by atoms with Crippen LogP contribution in [0.2, 0.25) is 0 Å². The number of nitrogens with zero attached hydrogens (tertiary/aromatic N) is 3. The van der Waals surface area contributed by atoms with E-state index in [2.05, 4.69) is 64.5 Å². The van der Waals surface area contributed by atoms with E-state index < -0.39 is 6.04 Å². The van der Waals surface area contributed by atoms with Crippen molar-refractivity contribution in [1.82, 2.24) is 15.1 Å².